The molecule has 1 N–H and O–H groups in total. The summed E-state index contributed by atoms with van der Waals surface area (Å²) in [6.07, 6.45) is 3.77. The number of halogens is 1. The fraction of sp³-hybridized carbons (Fsp3) is 0.600. The Morgan fingerprint density at radius 2 is 2.11 bits per heavy atom. The summed E-state index contributed by atoms with van der Waals surface area (Å²) in [5, 5.41) is 9.65. The molecular formula is C20H29ClN2O4. The standard InChI is InChI=1S/C20H29ClN2O4/c1-15-13-17(7-8-18(15)21)27-12-4-6-19(24)23-10-3-5-16(9-11-23)22(2)14-20(25)26/h7-8,13,16H,3-6,9-12,14H2,1-2H3,(H,25,26)/t16-/m0/s1. The van der Waals surface area contributed by atoms with Gasteiger partial charge in [0.1, 0.15) is 5.75 Å². The molecule has 27 heavy (non-hydrogen) atoms. The van der Waals surface area contributed by atoms with Crippen molar-refractivity contribution in [2.45, 2.75) is 45.1 Å². The van der Waals surface area contributed by atoms with Crippen molar-refractivity contribution in [2.24, 2.45) is 0 Å². The number of likely N-dealkylation sites (tertiary alicyclic amines) is 1. The van der Waals surface area contributed by atoms with Crippen LogP contribution in [0.5, 0.6) is 5.75 Å². The Morgan fingerprint density at radius 1 is 1.33 bits per heavy atom. The van der Waals surface area contributed by atoms with Crippen LogP contribution in [0.25, 0.3) is 0 Å². The summed E-state index contributed by atoms with van der Waals surface area (Å²) in [5.74, 6) is 0.0985. The van der Waals surface area contributed by atoms with E-state index in [1.165, 1.54) is 0 Å². The van der Waals surface area contributed by atoms with Crippen LogP contribution in [-0.2, 0) is 9.59 Å². The number of likely N-dealkylation sites (N-methyl/N-ethyl adjacent to an activating group) is 1. The molecular weight excluding hydrogens is 368 g/mol. The Kier molecular flexibility index (Phi) is 8.38. The molecule has 0 bridgehead atoms. The Hall–Kier alpha value is -1.79. The van der Waals surface area contributed by atoms with E-state index in [2.05, 4.69) is 0 Å². The normalized spacial score (nSPS) is 17.6. The maximum atomic E-state index is 12.5. The third-order valence-corrected chi connectivity index (χ3v) is 5.42. The minimum Gasteiger partial charge on any atom is -0.494 e. The van der Waals surface area contributed by atoms with E-state index in [9.17, 15) is 9.59 Å². The van der Waals surface area contributed by atoms with Crippen molar-refractivity contribution in [1.29, 1.82) is 0 Å². The number of carboxylic acid groups (broad SMARTS) is 1. The van der Waals surface area contributed by atoms with Crippen molar-refractivity contribution < 1.29 is 19.4 Å². The van der Waals surface area contributed by atoms with Gasteiger partial charge in [-0.2, -0.15) is 0 Å². The smallest absolute Gasteiger partial charge is 0.317 e. The molecule has 1 saturated heterocycles. The summed E-state index contributed by atoms with van der Waals surface area (Å²) in [7, 11) is 1.84. The Morgan fingerprint density at radius 3 is 2.81 bits per heavy atom. The van der Waals surface area contributed by atoms with Crippen LogP contribution in [0, 0.1) is 6.92 Å². The van der Waals surface area contributed by atoms with Crippen molar-refractivity contribution in [3.05, 3.63) is 28.8 Å². The van der Waals surface area contributed by atoms with Crippen molar-refractivity contribution in [2.75, 3.05) is 33.3 Å². The second-order valence-corrected chi connectivity index (χ2v) is 7.54. The number of aliphatic carboxylic acids is 1. The van der Waals surface area contributed by atoms with Crippen LogP contribution in [0.15, 0.2) is 18.2 Å². The van der Waals surface area contributed by atoms with Crippen LogP contribution < -0.4 is 4.74 Å². The molecule has 6 nitrogen and oxygen atoms in total. The third kappa shape index (κ3) is 7.03. The number of nitrogens with zero attached hydrogens (tertiary/aromatic N) is 2. The highest BCUT2D eigenvalue weighted by Gasteiger charge is 2.23. The molecule has 0 radical (unpaired) electrons. The molecule has 0 aliphatic carbocycles. The zero-order chi connectivity index (χ0) is 19.8. The van der Waals surface area contributed by atoms with E-state index in [1.807, 2.05) is 42.0 Å². The molecule has 1 atom stereocenters. The topological polar surface area (TPSA) is 70.1 Å². The monoisotopic (exact) mass is 396 g/mol. The maximum Gasteiger partial charge on any atom is 0.317 e. The number of carbonyl (C=O) groups is 2. The number of hydrogen-bond donors (Lipinski definition) is 1. The molecule has 1 aromatic rings. The number of benzene rings is 1. The van der Waals surface area contributed by atoms with Gasteiger partial charge in [0.05, 0.1) is 13.2 Å². The molecule has 0 spiro atoms. The van der Waals surface area contributed by atoms with Crippen LogP contribution in [-0.4, -0.2) is 66.1 Å². The number of rotatable bonds is 8. The molecule has 1 fully saturated rings. The zero-order valence-electron chi connectivity index (χ0n) is 16.1. The van der Waals surface area contributed by atoms with E-state index in [-0.39, 0.29) is 18.5 Å². The summed E-state index contributed by atoms with van der Waals surface area (Å²) in [5.41, 5.74) is 0.970. The molecule has 0 saturated carbocycles. The maximum absolute atomic E-state index is 12.5. The van der Waals surface area contributed by atoms with Crippen LogP contribution in [0.1, 0.15) is 37.7 Å². The van der Waals surface area contributed by atoms with Crippen molar-refractivity contribution in [1.82, 2.24) is 9.80 Å². The predicted octanol–water partition coefficient (Wildman–Crippen LogP) is 3.20. The molecule has 1 heterocycles. The van der Waals surface area contributed by atoms with Gasteiger partial charge >= 0.3 is 5.97 Å². The van der Waals surface area contributed by atoms with Gasteiger partial charge in [-0.25, -0.2) is 0 Å². The van der Waals surface area contributed by atoms with Crippen LogP contribution in [0.2, 0.25) is 5.02 Å². The van der Waals surface area contributed by atoms with Crippen molar-refractivity contribution in [3.8, 4) is 5.75 Å². The van der Waals surface area contributed by atoms with Gasteiger partial charge in [-0.3, -0.25) is 14.5 Å². The lowest BCUT2D eigenvalue weighted by Gasteiger charge is -2.25. The predicted molar refractivity (Wildman–Crippen MR) is 105 cm³/mol. The van der Waals surface area contributed by atoms with Gasteiger partial charge in [-0.15, -0.1) is 0 Å². The van der Waals surface area contributed by atoms with Gasteiger partial charge in [-0.1, -0.05) is 11.6 Å². The summed E-state index contributed by atoms with van der Waals surface area (Å²) >= 11 is 6.00. The Balaban J connectivity index is 1.71. The number of aryl methyl sites for hydroxylation is 1. The van der Waals surface area contributed by atoms with Crippen LogP contribution in [0.3, 0.4) is 0 Å². The highest BCUT2D eigenvalue weighted by atomic mass is 35.5. The first-order valence-corrected chi connectivity index (χ1v) is 9.83. The summed E-state index contributed by atoms with van der Waals surface area (Å²) in [4.78, 5) is 27.1. The number of carbonyl (C=O) groups excluding carboxylic acids is 1. The molecule has 7 heteroatoms. The largest absolute Gasteiger partial charge is 0.494 e. The first-order valence-electron chi connectivity index (χ1n) is 9.45. The molecule has 1 aliphatic heterocycles. The van der Waals surface area contributed by atoms with Crippen molar-refractivity contribution in [3.63, 3.8) is 0 Å². The van der Waals surface area contributed by atoms with E-state index in [0.717, 1.165) is 37.1 Å². The average Bonchev–Trinajstić information content (AvgIpc) is 2.87. The number of amides is 1. The molecule has 1 aromatic carbocycles. The fourth-order valence-electron chi connectivity index (χ4n) is 3.39. The number of hydrogen-bond acceptors (Lipinski definition) is 4. The van der Waals surface area contributed by atoms with Crippen molar-refractivity contribution >= 4 is 23.5 Å². The van der Waals surface area contributed by atoms with E-state index >= 15 is 0 Å². The van der Waals surface area contributed by atoms with E-state index < -0.39 is 5.97 Å². The molecule has 2 rings (SSSR count). The highest BCUT2D eigenvalue weighted by Crippen LogP contribution is 2.21. The highest BCUT2D eigenvalue weighted by molar-refractivity contribution is 6.31. The SMILES string of the molecule is Cc1cc(OCCCC(=O)N2CCC[C@H](N(C)CC(=O)O)CC2)ccc1Cl. The summed E-state index contributed by atoms with van der Waals surface area (Å²) < 4.78 is 5.70. The van der Waals surface area contributed by atoms with Gasteiger partial charge in [0, 0.05) is 30.6 Å². The second-order valence-electron chi connectivity index (χ2n) is 7.14. The first-order chi connectivity index (χ1) is 12.9. The summed E-state index contributed by atoms with van der Waals surface area (Å²) in [6, 6.07) is 5.76. The lowest BCUT2D eigenvalue weighted by atomic mass is 10.1. The minimum atomic E-state index is -0.814. The number of ether oxygens (including phenoxy) is 1. The third-order valence-electron chi connectivity index (χ3n) is 4.99. The quantitative estimate of drug-likeness (QED) is 0.683. The van der Waals surface area contributed by atoms with E-state index in [4.69, 9.17) is 21.4 Å². The molecule has 0 unspecified atom stereocenters. The Bertz CT molecular complexity index is 653. The minimum absolute atomic E-state index is 0.0418. The van der Waals surface area contributed by atoms with E-state index in [0.29, 0.717) is 31.0 Å². The Labute approximate surface area is 166 Å². The van der Waals surface area contributed by atoms with Gasteiger partial charge < -0.3 is 14.7 Å². The summed E-state index contributed by atoms with van der Waals surface area (Å²) in [6.45, 7) is 3.89. The lowest BCUT2D eigenvalue weighted by molar-refractivity contribution is -0.138. The lowest BCUT2D eigenvalue weighted by Crippen LogP contribution is -2.37. The molecule has 1 aliphatic rings. The number of carboxylic acids is 1. The second kappa shape index (κ2) is 10.5. The van der Waals surface area contributed by atoms with Gasteiger partial charge in [0.15, 0.2) is 0 Å². The molecule has 150 valence electrons. The first kappa shape index (κ1) is 21.5. The van der Waals surface area contributed by atoms with Gasteiger partial charge in [0.2, 0.25) is 5.91 Å². The van der Waals surface area contributed by atoms with Crippen LogP contribution >= 0.6 is 11.6 Å². The molecule has 0 aromatic heterocycles. The van der Waals surface area contributed by atoms with E-state index in [1.54, 1.807) is 0 Å². The fourth-order valence-corrected chi connectivity index (χ4v) is 3.51. The average molecular weight is 397 g/mol. The van der Waals surface area contributed by atoms with Gasteiger partial charge in [0.25, 0.3) is 0 Å². The van der Waals surface area contributed by atoms with Gasteiger partial charge in [-0.05, 0) is 63.4 Å². The molecule has 1 amide bonds. The zero-order valence-corrected chi connectivity index (χ0v) is 16.9. The van der Waals surface area contributed by atoms with Crippen LogP contribution in [0.4, 0.5) is 0 Å².